The molecule has 0 aromatic carbocycles. The predicted octanol–water partition coefficient (Wildman–Crippen LogP) is 2.90. The van der Waals surface area contributed by atoms with E-state index < -0.39 is 0 Å². The number of nitrogens with one attached hydrogen (secondary N) is 1. The van der Waals surface area contributed by atoms with Crippen molar-refractivity contribution >= 4 is 27.3 Å². The topological polar surface area (TPSA) is 28.7 Å². The van der Waals surface area contributed by atoms with Crippen molar-refractivity contribution in [2.75, 3.05) is 0 Å². The Labute approximate surface area is 76.4 Å². The highest BCUT2D eigenvalue weighted by Gasteiger charge is 2.03. The summed E-state index contributed by atoms with van der Waals surface area (Å²) in [6.45, 7) is 0. The molecule has 0 bridgehead atoms. The van der Waals surface area contributed by atoms with Crippen molar-refractivity contribution in [2.24, 2.45) is 0 Å². The van der Waals surface area contributed by atoms with E-state index in [1.807, 2.05) is 17.5 Å². The molecule has 2 nitrogen and oxygen atoms in total. The van der Waals surface area contributed by atoms with Crippen LogP contribution in [0.25, 0.3) is 10.6 Å². The number of nitrogens with zero attached hydrogens (tertiary/aromatic N) is 1. The number of hydrogen-bond donors (Lipinski definition) is 1. The fourth-order valence-electron chi connectivity index (χ4n) is 0.868. The molecular weight excluding hydrogens is 224 g/mol. The smallest absolute Gasteiger partial charge is 0.0761 e. The molecule has 11 heavy (non-hydrogen) atoms. The van der Waals surface area contributed by atoms with Crippen LogP contribution >= 0.6 is 27.3 Å². The Hall–Kier alpha value is -0.610. The number of aromatic nitrogens is 2. The molecule has 2 rings (SSSR count). The molecule has 56 valence electrons. The van der Waals surface area contributed by atoms with Gasteiger partial charge in [-0.1, -0.05) is 0 Å². The first-order valence-corrected chi connectivity index (χ1v) is 4.78. The van der Waals surface area contributed by atoms with Crippen molar-refractivity contribution in [3.63, 3.8) is 0 Å². The third-order valence-corrected chi connectivity index (χ3v) is 3.23. The Kier molecular flexibility index (Phi) is 1.79. The molecule has 2 aromatic heterocycles. The molecule has 1 N–H and O–H groups in total. The third-order valence-electron chi connectivity index (χ3n) is 1.36. The quantitative estimate of drug-likeness (QED) is 0.800. The van der Waals surface area contributed by atoms with Crippen molar-refractivity contribution in [3.8, 4) is 10.6 Å². The lowest BCUT2D eigenvalue weighted by atomic mass is 10.3. The molecule has 0 aliphatic rings. The first-order valence-electron chi connectivity index (χ1n) is 3.10. The number of H-pyrrole nitrogens is 1. The summed E-state index contributed by atoms with van der Waals surface area (Å²) in [5.41, 5.74) is 1.06. The van der Waals surface area contributed by atoms with E-state index in [-0.39, 0.29) is 0 Å². The molecule has 0 spiro atoms. The zero-order chi connectivity index (χ0) is 7.68. The molecule has 2 heterocycles. The summed E-state index contributed by atoms with van der Waals surface area (Å²) in [5, 5.41) is 8.83. The molecule has 0 aliphatic carbocycles. The summed E-state index contributed by atoms with van der Waals surface area (Å²) in [7, 11) is 0. The molecule has 0 unspecified atom stereocenters. The van der Waals surface area contributed by atoms with Gasteiger partial charge in [0.1, 0.15) is 0 Å². The van der Waals surface area contributed by atoms with Gasteiger partial charge in [0.25, 0.3) is 0 Å². The highest BCUT2D eigenvalue weighted by atomic mass is 79.9. The number of aromatic amines is 1. The van der Waals surface area contributed by atoms with Crippen molar-refractivity contribution in [1.29, 1.82) is 0 Å². The first kappa shape index (κ1) is 7.06. The van der Waals surface area contributed by atoms with Gasteiger partial charge in [0.05, 0.1) is 10.6 Å². The molecule has 0 amide bonds. The van der Waals surface area contributed by atoms with Crippen LogP contribution in [0.3, 0.4) is 0 Å². The lowest BCUT2D eigenvalue weighted by molar-refractivity contribution is 1.10. The van der Waals surface area contributed by atoms with E-state index in [0.29, 0.717) is 0 Å². The zero-order valence-electron chi connectivity index (χ0n) is 5.54. The fraction of sp³-hybridized carbons (Fsp3) is 0. The lowest BCUT2D eigenvalue weighted by Crippen LogP contribution is -1.71. The maximum absolute atomic E-state index is 3.88. The van der Waals surface area contributed by atoms with Crippen LogP contribution in [0.1, 0.15) is 0 Å². The van der Waals surface area contributed by atoms with Gasteiger partial charge in [-0.25, -0.2) is 0 Å². The van der Waals surface area contributed by atoms with Crippen molar-refractivity contribution in [1.82, 2.24) is 10.2 Å². The van der Waals surface area contributed by atoms with Crippen molar-refractivity contribution in [3.05, 3.63) is 28.2 Å². The third kappa shape index (κ3) is 1.23. The summed E-state index contributed by atoms with van der Waals surface area (Å²) in [6.07, 6.45) is 1.75. The van der Waals surface area contributed by atoms with E-state index in [2.05, 4.69) is 26.1 Å². The molecule has 4 heteroatoms. The largest absolute Gasteiger partial charge is 0.277 e. The van der Waals surface area contributed by atoms with Gasteiger partial charge < -0.3 is 0 Å². The average Bonchev–Trinajstić information content (AvgIpc) is 2.55. The molecule has 0 aliphatic heterocycles. The molecule has 0 atom stereocenters. The summed E-state index contributed by atoms with van der Waals surface area (Å²) >= 11 is 5.14. The maximum atomic E-state index is 3.88. The molecular formula is C7H5BrN2S. The van der Waals surface area contributed by atoms with Crippen LogP contribution in [0.15, 0.2) is 28.2 Å². The van der Waals surface area contributed by atoms with E-state index in [1.54, 1.807) is 17.5 Å². The minimum Gasteiger partial charge on any atom is -0.277 e. The van der Waals surface area contributed by atoms with Gasteiger partial charge in [0.2, 0.25) is 0 Å². The number of rotatable bonds is 1. The standard InChI is InChI=1S/C7H5BrN2S/c8-5-2-4-11-7(5)6-1-3-9-10-6/h1-4H,(H,9,10). The van der Waals surface area contributed by atoms with Gasteiger partial charge in [0, 0.05) is 10.7 Å². The number of thiophene rings is 1. The van der Waals surface area contributed by atoms with Crippen LogP contribution in [-0.2, 0) is 0 Å². The maximum Gasteiger partial charge on any atom is 0.0761 e. The predicted molar refractivity (Wildman–Crippen MR) is 49.6 cm³/mol. The summed E-state index contributed by atoms with van der Waals surface area (Å²) in [5.74, 6) is 0. The second kappa shape index (κ2) is 2.79. The Morgan fingerprint density at radius 1 is 1.45 bits per heavy atom. The van der Waals surface area contributed by atoms with Crippen LogP contribution in [0.4, 0.5) is 0 Å². The van der Waals surface area contributed by atoms with E-state index >= 15 is 0 Å². The van der Waals surface area contributed by atoms with Gasteiger partial charge in [-0.15, -0.1) is 11.3 Å². The second-order valence-electron chi connectivity index (χ2n) is 2.07. The molecule has 2 aromatic rings. The van der Waals surface area contributed by atoms with Crippen molar-refractivity contribution < 1.29 is 0 Å². The first-order chi connectivity index (χ1) is 5.38. The highest BCUT2D eigenvalue weighted by molar-refractivity contribution is 9.10. The molecule has 0 fully saturated rings. The van der Waals surface area contributed by atoms with Gasteiger partial charge in [-0.3, -0.25) is 5.10 Å². The van der Waals surface area contributed by atoms with E-state index in [1.165, 1.54) is 4.88 Å². The van der Waals surface area contributed by atoms with Gasteiger partial charge >= 0.3 is 0 Å². The summed E-state index contributed by atoms with van der Waals surface area (Å²) < 4.78 is 1.12. The van der Waals surface area contributed by atoms with Crippen LogP contribution in [-0.4, -0.2) is 10.2 Å². The second-order valence-corrected chi connectivity index (χ2v) is 3.84. The van der Waals surface area contributed by atoms with Gasteiger partial charge in [0.15, 0.2) is 0 Å². The summed E-state index contributed by atoms with van der Waals surface area (Å²) in [4.78, 5) is 1.20. The monoisotopic (exact) mass is 228 g/mol. The SMILES string of the molecule is Brc1ccsc1-c1ccn[nH]1. The highest BCUT2D eigenvalue weighted by Crippen LogP contribution is 2.31. The number of hydrogen-bond acceptors (Lipinski definition) is 2. The normalized spacial score (nSPS) is 10.3. The molecule has 0 radical (unpaired) electrons. The van der Waals surface area contributed by atoms with Crippen molar-refractivity contribution in [2.45, 2.75) is 0 Å². The Bertz CT molecular complexity index is 339. The lowest BCUT2D eigenvalue weighted by Gasteiger charge is -1.90. The van der Waals surface area contributed by atoms with Crippen LogP contribution < -0.4 is 0 Å². The van der Waals surface area contributed by atoms with Crippen LogP contribution in [0.5, 0.6) is 0 Å². The number of halogens is 1. The van der Waals surface area contributed by atoms with Crippen LogP contribution in [0.2, 0.25) is 0 Å². The van der Waals surface area contributed by atoms with E-state index in [9.17, 15) is 0 Å². The Morgan fingerprint density at radius 3 is 2.91 bits per heavy atom. The molecule has 0 saturated heterocycles. The minimum absolute atomic E-state index is 1.06. The average molecular weight is 229 g/mol. The Morgan fingerprint density at radius 2 is 2.36 bits per heavy atom. The molecule has 0 saturated carbocycles. The van der Waals surface area contributed by atoms with E-state index in [4.69, 9.17) is 0 Å². The zero-order valence-corrected chi connectivity index (χ0v) is 7.95. The Balaban J connectivity index is 2.53. The fourth-order valence-corrected chi connectivity index (χ4v) is 2.43. The van der Waals surface area contributed by atoms with Gasteiger partial charge in [-0.05, 0) is 33.4 Å². The van der Waals surface area contributed by atoms with Crippen LogP contribution in [0, 0.1) is 0 Å². The van der Waals surface area contributed by atoms with E-state index in [0.717, 1.165) is 10.2 Å². The van der Waals surface area contributed by atoms with Gasteiger partial charge in [-0.2, -0.15) is 5.10 Å². The minimum atomic E-state index is 1.06. The summed E-state index contributed by atoms with van der Waals surface area (Å²) in [6, 6.07) is 3.98.